The Morgan fingerprint density at radius 3 is 2.88 bits per heavy atom. The Bertz CT molecular complexity index is 1150. The maximum absolute atomic E-state index is 5.66. The van der Waals surface area contributed by atoms with Crippen LogP contribution < -0.4 is 11.1 Å². The molecule has 0 spiro atoms. The van der Waals surface area contributed by atoms with Gasteiger partial charge in [0.05, 0.1) is 17.5 Å². The number of aromatic nitrogens is 2. The van der Waals surface area contributed by atoms with Crippen molar-refractivity contribution in [3.63, 3.8) is 0 Å². The molecule has 1 aliphatic heterocycles. The van der Waals surface area contributed by atoms with E-state index in [4.69, 9.17) is 5.73 Å². The number of hydrogen-bond donors (Lipinski definition) is 2. The van der Waals surface area contributed by atoms with Gasteiger partial charge in [-0.15, -0.1) is 0 Å². The second-order valence-corrected chi connectivity index (χ2v) is 9.00. The second-order valence-electron chi connectivity index (χ2n) is 9.00. The fraction of sp³-hybridized carbons (Fsp3) is 0.379. The SMILES string of the molecule is C=C1CC(C#Cc2cnn(CCCCC)c2)=C(C)C(C=N/C(C)=C/N)=C(C2C=CC(C)=CC2)N1. The van der Waals surface area contributed by atoms with Crippen LogP contribution in [0.1, 0.15) is 65.4 Å². The van der Waals surface area contributed by atoms with Crippen LogP contribution in [0.5, 0.6) is 0 Å². The van der Waals surface area contributed by atoms with Gasteiger partial charge in [-0.05, 0) is 39.2 Å². The van der Waals surface area contributed by atoms with Crippen molar-refractivity contribution in [2.75, 3.05) is 0 Å². The van der Waals surface area contributed by atoms with Crippen LogP contribution in [0, 0.1) is 17.8 Å². The fourth-order valence-corrected chi connectivity index (χ4v) is 3.98. The van der Waals surface area contributed by atoms with Crippen molar-refractivity contribution < 1.29 is 0 Å². The van der Waals surface area contributed by atoms with E-state index >= 15 is 0 Å². The smallest absolute Gasteiger partial charge is 0.0646 e. The van der Waals surface area contributed by atoms with E-state index in [0.717, 1.165) is 58.8 Å². The third kappa shape index (κ3) is 6.74. The van der Waals surface area contributed by atoms with Gasteiger partial charge in [0.25, 0.3) is 0 Å². The number of nitrogens with two attached hydrogens (primary N) is 1. The first-order chi connectivity index (χ1) is 16.4. The molecule has 3 rings (SSSR count). The first-order valence-electron chi connectivity index (χ1n) is 12.1. The minimum Gasteiger partial charge on any atom is -0.403 e. The predicted molar refractivity (Wildman–Crippen MR) is 143 cm³/mol. The van der Waals surface area contributed by atoms with E-state index < -0.39 is 0 Å². The Hall–Kier alpha value is -3.52. The van der Waals surface area contributed by atoms with Crippen LogP contribution in [0.4, 0.5) is 0 Å². The molecule has 2 aliphatic rings. The van der Waals surface area contributed by atoms with Crippen LogP contribution in [0.3, 0.4) is 0 Å². The summed E-state index contributed by atoms with van der Waals surface area (Å²) in [4.78, 5) is 4.58. The van der Waals surface area contributed by atoms with Crippen molar-refractivity contribution in [2.45, 2.75) is 66.3 Å². The van der Waals surface area contributed by atoms with Gasteiger partial charge in [-0.2, -0.15) is 5.10 Å². The predicted octanol–water partition coefficient (Wildman–Crippen LogP) is 5.92. The van der Waals surface area contributed by atoms with Crippen molar-refractivity contribution in [3.05, 3.63) is 88.3 Å². The second kappa shape index (κ2) is 12.1. The molecule has 0 radical (unpaired) electrons. The van der Waals surface area contributed by atoms with Gasteiger partial charge in [-0.1, -0.05) is 62.0 Å². The standard InChI is InChI=1S/C29H37N5/c1-6-7-8-15-34-20-25(18-32-34)11-14-27-16-22(3)33-29(26-12-9-21(2)10-13-26)28(24(27)5)19-31-23(4)17-30/h9-10,12,17-20,26,33H,3,6-8,13,15-16,30H2,1-2,4-5H3/b23-17+,31-19?. The molecule has 1 aromatic rings. The molecule has 1 aliphatic carbocycles. The first-order valence-corrected chi connectivity index (χ1v) is 12.1. The third-order valence-corrected chi connectivity index (χ3v) is 6.12. The van der Waals surface area contributed by atoms with Gasteiger partial charge in [-0.3, -0.25) is 9.67 Å². The summed E-state index contributed by atoms with van der Waals surface area (Å²) in [7, 11) is 0. The van der Waals surface area contributed by atoms with Gasteiger partial charge in [0.15, 0.2) is 0 Å². The summed E-state index contributed by atoms with van der Waals surface area (Å²) in [6.45, 7) is 13.6. The summed E-state index contributed by atoms with van der Waals surface area (Å²) in [5, 5.41) is 8.05. The molecule has 0 fully saturated rings. The van der Waals surface area contributed by atoms with Gasteiger partial charge in [0.1, 0.15) is 0 Å². The Labute approximate surface area is 204 Å². The van der Waals surface area contributed by atoms with Crippen molar-refractivity contribution in [2.24, 2.45) is 16.6 Å². The summed E-state index contributed by atoms with van der Waals surface area (Å²) >= 11 is 0. The van der Waals surface area contributed by atoms with E-state index in [2.05, 4.69) is 72.8 Å². The number of aryl methyl sites for hydroxylation is 1. The monoisotopic (exact) mass is 455 g/mol. The highest BCUT2D eigenvalue weighted by Crippen LogP contribution is 2.32. The van der Waals surface area contributed by atoms with Crippen molar-refractivity contribution in [1.29, 1.82) is 0 Å². The largest absolute Gasteiger partial charge is 0.403 e. The van der Waals surface area contributed by atoms with Crippen LogP contribution in [0.25, 0.3) is 0 Å². The number of hydrogen-bond acceptors (Lipinski definition) is 4. The third-order valence-electron chi connectivity index (χ3n) is 6.12. The maximum Gasteiger partial charge on any atom is 0.0646 e. The lowest BCUT2D eigenvalue weighted by atomic mass is 9.89. The van der Waals surface area contributed by atoms with Crippen molar-refractivity contribution in [3.8, 4) is 11.8 Å². The van der Waals surface area contributed by atoms with Crippen molar-refractivity contribution >= 4 is 6.21 Å². The summed E-state index contributed by atoms with van der Waals surface area (Å²) in [5.74, 6) is 6.96. The van der Waals surface area contributed by atoms with E-state index in [1.807, 2.05) is 30.2 Å². The molecule has 5 heteroatoms. The van der Waals surface area contributed by atoms with Gasteiger partial charge in [0.2, 0.25) is 0 Å². The summed E-state index contributed by atoms with van der Waals surface area (Å²) in [6.07, 6.45) is 19.2. The van der Waals surface area contributed by atoms with Crippen LogP contribution in [0.2, 0.25) is 0 Å². The molecule has 0 aromatic carbocycles. The molecule has 2 heterocycles. The molecule has 1 aromatic heterocycles. The molecule has 5 nitrogen and oxygen atoms in total. The quantitative estimate of drug-likeness (QED) is 0.305. The highest BCUT2D eigenvalue weighted by atomic mass is 15.3. The van der Waals surface area contributed by atoms with Gasteiger partial charge >= 0.3 is 0 Å². The summed E-state index contributed by atoms with van der Waals surface area (Å²) < 4.78 is 1.98. The zero-order chi connectivity index (χ0) is 24.5. The first kappa shape index (κ1) is 25.1. The molecule has 3 N–H and O–H groups in total. The Morgan fingerprint density at radius 2 is 2.18 bits per heavy atom. The molecule has 34 heavy (non-hydrogen) atoms. The normalized spacial score (nSPS) is 19.2. The highest BCUT2D eigenvalue weighted by molar-refractivity contribution is 5.87. The molecular weight excluding hydrogens is 418 g/mol. The Kier molecular flexibility index (Phi) is 8.93. The molecule has 1 unspecified atom stereocenters. The maximum atomic E-state index is 5.66. The molecule has 0 bridgehead atoms. The Balaban J connectivity index is 1.98. The van der Waals surface area contributed by atoms with Crippen LogP contribution >= 0.6 is 0 Å². The summed E-state index contributed by atoms with van der Waals surface area (Å²) in [5.41, 5.74) is 13.9. The average Bonchev–Trinajstić information content (AvgIpc) is 3.24. The number of nitrogens with one attached hydrogen (secondary N) is 1. The number of allylic oxidation sites excluding steroid dienone is 8. The lowest BCUT2D eigenvalue weighted by molar-refractivity contribution is 0.553. The topological polar surface area (TPSA) is 68.2 Å². The van der Waals surface area contributed by atoms with E-state index in [-0.39, 0.29) is 5.92 Å². The Morgan fingerprint density at radius 1 is 1.35 bits per heavy atom. The van der Waals surface area contributed by atoms with Crippen LogP contribution in [-0.2, 0) is 6.54 Å². The molecular formula is C29H37N5. The minimum atomic E-state index is 0.229. The summed E-state index contributed by atoms with van der Waals surface area (Å²) in [6, 6.07) is 0. The number of rotatable bonds is 7. The van der Waals surface area contributed by atoms with Gasteiger partial charge in [0, 0.05) is 60.0 Å². The number of aliphatic imine (C=N–C) groups is 1. The lowest BCUT2D eigenvalue weighted by Gasteiger charge is -2.22. The molecule has 0 saturated heterocycles. The molecule has 1 atom stereocenters. The van der Waals surface area contributed by atoms with Gasteiger partial charge in [-0.25, -0.2) is 0 Å². The molecule has 0 amide bonds. The van der Waals surface area contributed by atoms with E-state index in [1.54, 1.807) is 0 Å². The van der Waals surface area contributed by atoms with Crippen LogP contribution in [0.15, 0.2) is 87.8 Å². The molecule has 0 saturated carbocycles. The van der Waals surface area contributed by atoms with E-state index in [9.17, 15) is 0 Å². The van der Waals surface area contributed by atoms with Gasteiger partial charge < -0.3 is 11.1 Å². The molecule has 178 valence electrons. The lowest BCUT2D eigenvalue weighted by Crippen LogP contribution is -2.21. The fourth-order valence-electron chi connectivity index (χ4n) is 3.98. The van der Waals surface area contributed by atoms with E-state index in [1.165, 1.54) is 24.6 Å². The van der Waals surface area contributed by atoms with Crippen LogP contribution in [-0.4, -0.2) is 16.0 Å². The zero-order valence-corrected chi connectivity index (χ0v) is 21.0. The van der Waals surface area contributed by atoms with Crippen molar-refractivity contribution in [1.82, 2.24) is 15.1 Å². The van der Waals surface area contributed by atoms with E-state index in [0.29, 0.717) is 6.42 Å². The number of nitrogens with zero attached hydrogens (tertiary/aromatic N) is 3. The zero-order valence-electron chi connectivity index (χ0n) is 21.0. The minimum absolute atomic E-state index is 0.229. The number of unbranched alkanes of at least 4 members (excludes halogenated alkanes) is 2. The average molecular weight is 456 g/mol. The highest BCUT2D eigenvalue weighted by Gasteiger charge is 2.23.